The van der Waals surface area contributed by atoms with Crippen LogP contribution in [-0.2, 0) is 7.05 Å². The lowest BCUT2D eigenvalue weighted by Gasteiger charge is -2.26. The minimum Gasteiger partial charge on any atom is -0.488 e. The number of hydrogen-bond acceptors (Lipinski definition) is 6. The van der Waals surface area contributed by atoms with Gasteiger partial charge in [-0.15, -0.1) is 0 Å². The summed E-state index contributed by atoms with van der Waals surface area (Å²) in [7, 11) is 3.62. The van der Waals surface area contributed by atoms with Gasteiger partial charge in [-0.1, -0.05) is 30.3 Å². The highest BCUT2D eigenvalue weighted by Gasteiger charge is 2.21. The van der Waals surface area contributed by atoms with Gasteiger partial charge in [0.2, 0.25) is 0 Å². The third kappa shape index (κ3) is 3.69. The smallest absolute Gasteiger partial charge is 0.267 e. The Balaban J connectivity index is 1.66. The molecule has 0 fully saturated rings. The fraction of sp³-hybridized carbons (Fsp3) is 0.160. The van der Waals surface area contributed by atoms with Gasteiger partial charge in [0.05, 0.1) is 6.54 Å². The van der Waals surface area contributed by atoms with Crippen molar-refractivity contribution in [1.29, 1.82) is 0 Å². The molecule has 0 unspecified atom stereocenters. The van der Waals surface area contributed by atoms with Crippen molar-refractivity contribution in [2.45, 2.75) is 0 Å². The van der Waals surface area contributed by atoms with Crippen LogP contribution in [0.15, 0.2) is 77.7 Å². The zero-order chi connectivity index (χ0) is 22.1. The molecule has 2 aromatic heterocycles. The highest BCUT2D eigenvalue weighted by Crippen LogP contribution is 2.39. The van der Waals surface area contributed by atoms with Gasteiger partial charge in [-0.05, 0) is 30.3 Å². The Morgan fingerprint density at radius 1 is 0.969 bits per heavy atom. The quantitative estimate of drug-likeness (QED) is 0.489. The molecular weight excluding hydrogens is 404 g/mol. The van der Waals surface area contributed by atoms with Crippen LogP contribution in [0, 0.1) is 0 Å². The van der Waals surface area contributed by atoms with E-state index < -0.39 is 0 Å². The number of likely N-dealkylation sites (N-methyl/N-ethyl adjacent to an activating group) is 1. The Labute approximate surface area is 185 Å². The second kappa shape index (κ2) is 8.19. The van der Waals surface area contributed by atoms with E-state index in [2.05, 4.69) is 15.0 Å². The molecule has 0 aliphatic carbocycles. The predicted molar refractivity (Wildman–Crippen MR) is 123 cm³/mol. The number of aromatic nitrogens is 3. The summed E-state index contributed by atoms with van der Waals surface area (Å²) >= 11 is 0. The lowest BCUT2D eigenvalue weighted by Crippen LogP contribution is -2.29. The second-order valence-electron chi connectivity index (χ2n) is 7.60. The van der Waals surface area contributed by atoms with Crippen molar-refractivity contribution in [2.75, 3.05) is 25.1 Å². The molecule has 2 aromatic carbocycles. The molecule has 1 aliphatic heterocycles. The number of aryl methyl sites for hydroxylation is 1. The summed E-state index contributed by atoms with van der Waals surface area (Å²) < 4.78 is 13.3. The van der Waals surface area contributed by atoms with Gasteiger partial charge >= 0.3 is 0 Å². The van der Waals surface area contributed by atoms with Gasteiger partial charge in [-0.25, -0.2) is 9.67 Å². The van der Waals surface area contributed by atoms with Crippen LogP contribution in [0.1, 0.15) is 0 Å². The summed E-state index contributed by atoms with van der Waals surface area (Å²) in [6.45, 7) is 1.37. The molecule has 0 spiro atoms. The maximum Gasteiger partial charge on any atom is 0.267 e. The van der Waals surface area contributed by atoms with Crippen molar-refractivity contribution in [1.82, 2.24) is 14.8 Å². The van der Waals surface area contributed by atoms with Gasteiger partial charge in [0.25, 0.3) is 5.56 Å². The van der Waals surface area contributed by atoms with E-state index in [1.54, 1.807) is 19.3 Å². The van der Waals surface area contributed by atoms with Gasteiger partial charge in [0.1, 0.15) is 23.8 Å². The number of rotatable bonds is 4. The lowest BCUT2D eigenvalue weighted by atomic mass is 10.00. The van der Waals surface area contributed by atoms with Gasteiger partial charge in [0.15, 0.2) is 11.6 Å². The molecule has 0 amide bonds. The monoisotopic (exact) mass is 426 g/mol. The summed E-state index contributed by atoms with van der Waals surface area (Å²) in [4.78, 5) is 19.2. The highest BCUT2D eigenvalue weighted by molar-refractivity contribution is 5.84. The molecular formula is C25H22N4O3. The van der Waals surface area contributed by atoms with E-state index in [0.717, 1.165) is 29.2 Å². The van der Waals surface area contributed by atoms with E-state index in [4.69, 9.17) is 9.47 Å². The van der Waals surface area contributed by atoms with Gasteiger partial charge in [0, 0.05) is 43.0 Å². The average Bonchev–Trinajstić information content (AvgIpc) is 2.82. The van der Waals surface area contributed by atoms with Crippen molar-refractivity contribution in [3.8, 4) is 39.6 Å². The number of para-hydroxylation sites is 2. The van der Waals surface area contributed by atoms with Crippen molar-refractivity contribution in [2.24, 2.45) is 7.05 Å². The van der Waals surface area contributed by atoms with Crippen LogP contribution >= 0.6 is 0 Å². The first-order valence-corrected chi connectivity index (χ1v) is 10.3. The molecule has 7 nitrogen and oxygen atoms in total. The van der Waals surface area contributed by atoms with Gasteiger partial charge in [-0.2, -0.15) is 5.10 Å². The standard InChI is InChI=1S/C25H22N4O3/c1-28-12-13-31-22-14-17(16-26-25(22)28)20-15-23(30)29(2)27-24(20)19-10-6-7-11-21(19)32-18-8-4-3-5-9-18/h3-11,14-16H,12-13H2,1-2H3. The summed E-state index contributed by atoms with van der Waals surface area (Å²) in [5.74, 6) is 2.84. The average molecular weight is 426 g/mol. The first-order valence-electron chi connectivity index (χ1n) is 10.3. The molecule has 32 heavy (non-hydrogen) atoms. The molecule has 4 aromatic rings. The summed E-state index contributed by atoms with van der Waals surface area (Å²) in [6, 6.07) is 20.7. The zero-order valence-electron chi connectivity index (χ0n) is 17.9. The fourth-order valence-electron chi connectivity index (χ4n) is 3.70. The van der Waals surface area contributed by atoms with Crippen LogP contribution in [-0.4, -0.2) is 35.0 Å². The van der Waals surface area contributed by atoms with Crippen molar-refractivity contribution < 1.29 is 9.47 Å². The van der Waals surface area contributed by atoms with Crippen molar-refractivity contribution in [3.05, 3.63) is 83.3 Å². The van der Waals surface area contributed by atoms with Crippen LogP contribution in [0.25, 0.3) is 22.4 Å². The molecule has 0 bridgehead atoms. The van der Waals surface area contributed by atoms with Gasteiger partial charge in [-0.3, -0.25) is 4.79 Å². The Morgan fingerprint density at radius 2 is 1.75 bits per heavy atom. The first-order chi connectivity index (χ1) is 15.6. The van der Waals surface area contributed by atoms with Crippen LogP contribution in [0.2, 0.25) is 0 Å². The summed E-state index contributed by atoms with van der Waals surface area (Å²) in [5, 5.41) is 4.59. The number of hydrogen-bond donors (Lipinski definition) is 0. The largest absolute Gasteiger partial charge is 0.488 e. The third-order valence-corrected chi connectivity index (χ3v) is 5.39. The normalized spacial score (nSPS) is 12.8. The molecule has 0 saturated carbocycles. The van der Waals surface area contributed by atoms with E-state index in [9.17, 15) is 4.79 Å². The van der Waals surface area contributed by atoms with Crippen LogP contribution in [0.3, 0.4) is 0 Å². The van der Waals surface area contributed by atoms with E-state index in [1.807, 2.05) is 67.7 Å². The molecule has 0 saturated heterocycles. The molecule has 0 radical (unpaired) electrons. The minimum atomic E-state index is -0.207. The third-order valence-electron chi connectivity index (χ3n) is 5.39. The Bertz CT molecular complexity index is 1330. The second-order valence-corrected chi connectivity index (χ2v) is 7.60. The van der Waals surface area contributed by atoms with Crippen LogP contribution in [0.5, 0.6) is 17.2 Å². The highest BCUT2D eigenvalue weighted by atomic mass is 16.5. The molecule has 1 aliphatic rings. The Kier molecular flexibility index (Phi) is 5.07. The topological polar surface area (TPSA) is 69.5 Å². The van der Waals surface area contributed by atoms with Crippen LogP contribution < -0.4 is 19.9 Å². The number of pyridine rings is 1. The zero-order valence-corrected chi connectivity index (χ0v) is 17.9. The number of anilines is 1. The Morgan fingerprint density at radius 3 is 2.59 bits per heavy atom. The fourth-order valence-corrected chi connectivity index (χ4v) is 3.70. The van der Waals surface area contributed by atoms with E-state index >= 15 is 0 Å². The van der Waals surface area contributed by atoms with Crippen LogP contribution in [0.4, 0.5) is 5.82 Å². The van der Waals surface area contributed by atoms with E-state index in [0.29, 0.717) is 29.4 Å². The SMILES string of the molecule is CN1CCOc2cc(-c3cc(=O)n(C)nc3-c3ccccc3Oc3ccccc3)cnc21. The van der Waals surface area contributed by atoms with E-state index in [1.165, 1.54) is 4.68 Å². The number of ether oxygens (including phenoxy) is 2. The molecule has 0 N–H and O–H groups in total. The lowest BCUT2D eigenvalue weighted by molar-refractivity contribution is 0.309. The molecule has 0 atom stereocenters. The maximum atomic E-state index is 12.5. The summed E-state index contributed by atoms with van der Waals surface area (Å²) in [5.41, 5.74) is 2.63. The molecule has 3 heterocycles. The van der Waals surface area contributed by atoms with E-state index in [-0.39, 0.29) is 5.56 Å². The van der Waals surface area contributed by atoms with Crippen molar-refractivity contribution >= 4 is 5.82 Å². The number of nitrogens with zero attached hydrogens (tertiary/aromatic N) is 4. The summed E-state index contributed by atoms with van der Waals surface area (Å²) in [6.07, 6.45) is 1.75. The minimum absolute atomic E-state index is 0.207. The van der Waals surface area contributed by atoms with Gasteiger partial charge < -0.3 is 14.4 Å². The predicted octanol–water partition coefficient (Wildman–Crippen LogP) is 4.13. The molecule has 5 rings (SSSR count). The number of benzene rings is 2. The Hall–Kier alpha value is -4.13. The first kappa shape index (κ1) is 19.8. The molecule has 160 valence electrons. The van der Waals surface area contributed by atoms with Crippen molar-refractivity contribution in [3.63, 3.8) is 0 Å². The maximum absolute atomic E-state index is 12.5. The number of fused-ring (bicyclic) bond motifs is 1. The molecule has 7 heteroatoms.